The van der Waals surface area contributed by atoms with Crippen molar-refractivity contribution in [1.29, 1.82) is 0 Å². The van der Waals surface area contributed by atoms with E-state index < -0.39 is 16.0 Å². The molecular weight excluding hydrogens is 490 g/mol. The molecule has 0 saturated carbocycles. The van der Waals surface area contributed by atoms with Gasteiger partial charge in [0.05, 0.1) is 10.5 Å². The molecule has 0 fully saturated rings. The average Bonchev–Trinajstić information content (AvgIpc) is 2.87. The van der Waals surface area contributed by atoms with Gasteiger partial charge in [-0.1, -0.05) is 66.7 Å². The van der Waals surface area contributed by atoms with E-state index in [1.165, 1.54) is 30.3 Å². The topological polar surface area (TPSA) is 124 Å². The van der Waals surface area contributed by atoms with Crippen molar-refractivity contribution in [1.82, 2.24) is 5.32 Å². The number of carbonyl (C=O) groups is 1. The normalized spacial score (nSPS) is 11.1. The Morgan fingerprint density at radius 1 is 0.730 bits per heavy atom. The van der Waals surface area contributed by atoms with E-state index in [0.29, 0.717) is 22.8 Å². The lowest BCUT2D eigenvalue weighted by Gasteiger charge is -2.11. The Morgan fingerprint density at radius 3 is 2.08 bits per heavy atom. The zero-order valence-corrected chi connectivity index (χ0v) is 20.5. The SMILES string of the molecule is O=C(NCCc1ccc(O)c(-c2ccccccccc2)c1)c1cc2cc(S(=O)(=O)O)ccc2cc1O. The molecule has 7 nitrogen and oxygen atoms in total. The van der Waals surface area contributed by atoms with Crippen LogP contribution >= 0.6 is 0 Å². The Balaban J connectivity index is 1.51. The van der Waals surface area contributed by atoms with Gasteiger partial charge in [-0.05, 0) is 64.7 Å². The van der Waals surface area contributed by atoms with E-state index in [2.05, 4.69) is 5.32 Å². The van der Waals surface area contributed by atoms with Gasteiger partial charge >= 0.3 is 0 Å². The molecule has 0 atom stereocenters. The summed E-state index contributed by atoms with van der Waals surface area (Å²) in [6, 6.07) is 29.0. The number of rotatable bonds is 6. The second kappa shape index (κ2) is 11.1. The van der Waals surface area contributed by atoms with Crippen LogP contribution in [0.1, 0.15) is 15.9 Å². The van der Waals surface area contributed by atoms with E-state index in [4.69, 9.17) is 0 Å². The van der Waals surface area contributed by atoms with Gasteiger partial charge in [0.2, 0.25) is 0 Å². The number of hydrogen-bond donors (Lipinski definition) is 4. The van der Waals surface area contributed by atoms with Crippen molar-refractivity contribution in [2.24, 2.45) is 0 Å². The number of hydrogen-bond acceptors (Lipinski definition) is 5. The Kier molecular flexibility index (Phi) is 7.71. The molecule has 37 heavy (non-hydrogen) atoms. The number of nitrogens with one attached hydrogen (secondary N) is 1. The smallest absolute Gasteiger partial charge is 0.294 e. The van der Waals surface area contributed by atoms with Crippen LogP contribution in [0.5, 0.6) is 11.5 Å². The number of fused-ring (bicyclic) bond motifs is 1. The number of aromatic hydroxyl groups is 2. The predicted molar refractivity (Wildman–Crippen MR) is 143 cm³/mol. The molecule has 0 heterocycles. The number of carbonyl (C=O) groups excluding carboxylic acids is 1. The minimum absolute atomic E-state index is 0.0166. The van der Waals surface area contributed by atoms with Gasteiger partial charge in [-0.15, -0.1) is 0 Å². The van der Waals surface area contributed by atoms with Gasteiger partial charge in [0.1, 0.15) is 11.5 Å². The first-order valence-electron chi connectivity index (χ1n) is 11.5. The van der Waals surface area contributed by atoms with Gasteiger partial charge in [0.15, 0.2) is 0 Å². The number of phenolic OH excluding ortho intramolecular Hbond substituents is 2. The lowest BCUT2D eigenvalue weighted by molar-refractivity contribution is 0.0951. The van der Waals surface area contributed by atoms with Crippen molar-refractivity contribution in [3.63, 3.8) is 0 Å². The maximum Gasteiger partial charge on any atom is 0.294 e. The van der Waals surface area contributed by atoms with Crippen LogP contribution in [-0.2, 0) is 16.5 Å². The number of benzene rings is 3. The third-order valence-corrected chi connectivity index (χ3v) is 6.61. The van der Waals surface area contributed by atoms with E-state index in [1.54, 1.807) is 12.1 Å². The standard InChI is InChI=1S/C29H25NO6S/c31-27-13-10-20(16-25(27)21-8-6-4-2-1-3-5-7-9-21)14-15-30-29(33)26-18-23-17-24(37(34,35)36)12-11-22(23)19-28(26)32/h1-13,16-19,31-32H,14-15H2,(H,30,33)(H,34,35,36). The summed E-state index contributed by atoms with van der Waals surface area (Å²) < 4.78 is 32.2. The van der Waals surface area contributed by atoms with Crippen LogP contribution in [-0.4, -0.2) is 35.6 Å². The highest BCUT2D eigenvalue weighted by molar-refractivity contribution is 7.85. The summed E-state index contributed by atoms with van der Waals surface area (Å²) in [6.07, 6.45) is 0.468. The van der Waals surface area contributed by atoms with Gasteiger partial charge in [-0.3, -0.25) is 9.35 Å². The lowest BCUT2D eigenvalue weighted by atomic mass is 10.0. The summed E-state index contributed by atoms with van der Waals surface area (Å²) in [5.74, 6) is -0.638. The van der Waals surface area contributed by atoms with E-state index in [9.17, 15) is 28.0 Å². The summed E-state index contributed by atoms with van der Waals surface area (Å²) in [7, 11) is -4.40. The fourth-order valence-corrected chi connectivity index (χ4v) is 4.38. The Hall–Kier alpha value is -4.40. The molecule has 0 saturated heterocycles. The molecule has 4 N–H and O–H groups in total. The zero-order valence-electron chi connectivity index (χ0n) is 19.7. The van der Waals surface area contributed by atoms with Crippen molar-refractivity contribution in [2.45, 2.75) is 11.3 Å². The monoisotopic (exact) mass is 515 g/mol. The van der Waals surface area contributed by atoms with Gasteiger partial charge in [-0.2, -0.15) is 8.42 Å². The molecule has 0 aliphatic carbocycles. The van der Waals surface area contributed by atoms with Crippen molar-refractivity contribution in [2.75, 3.05) is 6.54 Å². The molecule has 0 aromatic heterocycles. The molecule has 0 aliphatic rings. The highest BCUT2D eigenvalue weighted by atomic mass is 32.2. The molecule has 0 spiro atoms. The molecular formula is C29H25NO6S. The Bertz CT molecular complexity index is 1610. The molecule has 4 aromatic carbocycles. The molecule has 188 valence electrons. The second-order valence-electron chi connectivity index (χ2n) is 8.35. The largest absolute Gasteiger partial charge is 0.507 e. The maximum absolute atomic E-state index is 12.8. The summed E-state index contributed by atoms with van der Waals surface area (Å²) in [5, 5.41) is 24.4. The van der Waals surface area contributed by atoms with Crippen molar-refractivity contribution < 1.29 is 28.0 Å². The van der Waals surface area contributed by atoms with E-state index in [1.807, 2.05) is 60.7 Å². The van der Waals surface area contributed by atoms with Crippen LogP contribution in [0.4, 0.5) is 0 Å². The minimum atomic E-state index is -4.40. The number of amides is 1. The van der Waals surface area contributed by atoms with Crippen LogP contribution < -0.4 is 5.32 Å². The van der Waals surface area contributed by atoms with Crippen molar-refractivity contribution in [3.8, 4) is 22.6 Å². The van der Waals surface area contributed by atoms with E-state index in [0.717, 1.165) is 11.1 Å². The van der Waals surface area contributed by atoms with Crippen LogP contribution in [0.25, 0.3) is 21.9 Å². The molecule has 4 aromatic rings. The highest BCUT2D eigenvalue weighted by Gasteiger charge is 2.15. The summed E-state index contributed by atoms with van der Waals surface area (Å²) in [6.45, 7) is 0.258. The van der Waals surface area contributed by atoms with Crippen molar-refractivity contribution in [3.05, 3.63) is 114 Å². The van der Waals surface area contributed by atoms with Gasteiger partial charge in [0.25, 0.3) is 16.0 Å². The Morgan fingerprint density at radius 2 is 1.41 bits per heavy atom. The zero-order chi connectivity index (χ0) is 26.4. The first-order chi connectivity index (χ1) is 17.7. The predicted octanol–water partition coefficient (Wildman–Crippen LogP) is 5.26. The molecule has 0 bridgehead atoms. The lowest BCUT2D eigenvalue weighted by Crippen LogP contribution is -2.25. The fourth-order valence-electron chi connectivity index (χ4n) is 3.87. The molecule has 0 radical (unpaired) electrons. The fraction of sp³-hybridized carbons (Fsp3) is 0.0690. The maximum atomic E-state index is 12.8. The van der Waals surface area contributed by atoms with Gasteiger partial charge < -0.3 is 15.5 Å². The highest BCUT2D eigenvalue weighted by Crippen LogP contribution is 2.30. The Labute approximate surface area is 214 Å². The molecule has 0 unspecified atom stereocenters. The minimum Gasteiger partial charge on any atom is -0.507 e. The van der Waals surface area contributed by atoms with E-state index in [-0.39, 0.29) is 28.5 Å². The first-order valence-corrected chi connectivity index (χ1v) is 12.9. The van der Waals surface area contributed by atoms with Crippen LogP contribution in [0.3, 0.4) is 0 Å². The van der Waals surface area contributed by atoms with Crippen LogP contribution in [0.2, 0.25) is 0 Å². The second-order valence-corrected chi connectivity index (χ2v) is 9.77. The summed E-state index contributed by atoms with van der Waals surface area (Å²) in [4.78, 5) is 12.5. The third-order valence-electron chi connectivity index (χ3n) is 5.76. The third kappa shape index (κ3) is 6.43. The molecule has 0 aliphatic heterocycles. The van der Waals surface area contributed by atoms with Gasteiger partial charge in [-0.25, -0.2) is 0 Å². The molecule has 8 heteroatoms. The summed E-state index contributed by atoms with van der Waals surface area (Å²) >= 11 is 0. The molecule has 1 amide bonds. The quantitative estimate of drug-likeness (QED) is 0.260. The van der Waals surface area contributed by atoms with Crippen LogP contribution in [0.15, 0.2) is 108 Å². The first kappa shape index (κ1) is 25.7. The van der Waals surface area contributed by atoms with Crippen molar-refractivity contribution >= 4 is 26.8 Å². The summed E-state index contributed by atoms with van der Waals surface area (Å²) in [5.41, 5.74) is 2.35. The van der Waals surface area contributed by atoms with E-state index >= 15 is 0 Å². The number of phenols is 2. The van der Waals surface area contributed by atoms with Gasteiger partial charge in [0, 0.05) is 12.1 Å². The average molecular weight is 516 g/mol. The van der Waals surface area contributed by atoms with Crippen LogP contribution in [0, 0.1) is 0 Å². The molecule has 4 rings (SSSR count).